The van der Waals surface area contributed by atoms with E-state index in [0.29, 0.717) is 24.3 Å². The van der Waals surface area contributed by atoms with E-state index in [-0.39, 0.29) is 11.8 Å². The van der Waals surface area contributed by atoms with Crippen LogP contribution in [0.25, 0.3) is 0 Å². The zero-order valence-electron chi connectivity index (χ0n) is 9.48. The molecule has 3 N–H and O–H groups in total. The molecular formula is C13H19NO2. The molecule has 0 aliphatic heterocycles. The van der Waals surface area contributed by atoms with Gasteiger partial charge in [-0.25, -0.2) is 0 Å². The maximum atomic E-state index is 11.0. The molecule has 1 unspecified atom stereocenters. The molecule has 3 heteroatoms. The second-order valence-corrected chi connectivity index (χ2v) is 5.84. The van der Waals surface area contributed by atoms with Crippen LogP contribution in [0.15, 0.2) is 12.2 Å². The van der Waals surface area contributed by atoms with Crippen LogP contribution in [0.2, 0.25) is 0 Å². The standard InChI is InChI=1S/C13H19NO2/c1-7-4-10-12-8(7)2-3-9(12)13(10,6-14)5-11(15)16/h8-10,12H,1-6,14H2,(H,15,16)/t8-,9-,10?,12+,13+/m0/s1. The van der Waals surface area contributed by atoms with Crippen LogP contribution in [0, 0.1) is 29.1 Å². The highest BCUT2D eigenvalue weighted by Gasteiger charge is 2.68. The van der Waals surface area contributed by atoms with Crippen LogP contribution in [0.1, 0.15) is 25.7 Å². The first kappa shape index (κ1) is 10.3. The van der Waals surface area contributed by atoms with Gasteiger partial charge in [-0.05, 0) is 54.9 Å². The van der Waals surface area contributed by atoms with E-state index < -0.39 is 5.97 Å². The minimum Gasteiger partial charge on any atom is -0.481 e. The van der Waals surface area contributed by atoms with E-state index in [0.717, 1.165) is 18.8 Å². The van der Waals surface area contributed by atoms with Crippen LogP contribution in [0.5, 0.6) is 0 Å². The topological polar surface area (TPSA) is 63.3 Å². The second kappa shape index (κ2) is 3.10. The zero-order chi connectivity index (χ0) is 11.5. The number of allylic oxidation sites excluding steroid dienone is 1. The molecule has 0 amide bonds. The quantitative estimate of drug-likeness (QED) is 0.712. The molecule has 88 valence electrons. The second-order valence-electron chi connectivity index (χ2n) is 5.84. The number of hydrogen-bond acceptors (Lipinski definition) is 2. The molecule has 5 atom stereocenters. The molecule has 0 bridgehead atoms. The Bertz CT molecular complexity index is 365. The van der Waals surface area contributed by atoms with Crippen molar-refractivity contribution in [2.45, 2.75) is 25.7 Å². The number of carboxylic acids is 1. The first-order valence-electron chi connectivity index (χ1n) is 6.19. The van der Waals surface area contributed by atoms with Crippen molar-refractivity contribution in [3.8, 4) is 0 Å². The maximum absolute atomic E-state index is 11.0. The first-order chi connectivity index (χ1) is 7.60. The van der Waals surface area contributed by atoms with Crippen LogP contribution in [0.4, 0.5) is 0 Å². The molecule has 3 aliphatic rings. The molecule has 0 aromatic rings. The molecule has 0 heterocycles. The lowest BCUT2D eigenvalue weighted by atomic mass is 9.47. The fourth-order valence-corrected chi connectivity index (χ4v) is 4.96. The number of aliphatic carboxylic acids is 1. The lowest BCUT2D eigenvalue weighted by Crippen LogP contribution is -2.58. The highest BCUT2D eigenvalue weighted by atomic mass is 16.4. The Hall–Kier alpha value is -0.830. The Morgan fingerprint density at radius 1 is 1.50 bits per heavy atom. The van der Waals surface area contributed by atoms with Crippen molar-refractivity contribution < 1.29 is 9.90 Å². The average molecular weight is 221 g/mol. The molecule has 0 spiro atoms. The first-order valence-corrected chi connectivity index (χ1v) is 6.19. The van der Waals surface area contributed by atoms with Gasteiger partial charge in [0.1, 0.15) is 0 Å². The minimum atomic E-state index is -0.690. The number of carboxylic acid groups (broad SMARTS) is 1. The fraction of sp³-hybridized carbons (Fsp3) is 0.769. The van der Waals surface area contributed by atoms with Crippen molar-refractivity contribution in [1.82, 2.24) is 0 Å². The van der Waals surface area contributed by atoms with Gasteiger partial charge in [-0.1, -0.05) is 12.2 Å². The minimum absolute atomic E-state index is 0.106. The molecule has 3 saturated carbocycles. The summed E-state index contributed by atoms with van der Waals surface area (Å²) in [6.07, 6.45) is 3.66. The van der Waals surface area contributed by atoms with Gasteiger partial charge in [0.2, 0.25) is 0 Å². The van der Waals surface area contributed by atoms with Gasteiger partial charge in [0.25, 0.3) is 0 Å². The van der Waals surface area contributed by atoms with Crippen molar-refractivity contribution in [1.29, 1.82) is 0 Å². The molecule has 3 rings (SSSR count). The fourth-order valence-electron chi connectivity index (χ4n) is 4.96. The third-order valence-corrected chi connectivity index (χ3v) is 5.53. The molecular weight excluding hydrogens is 202 g/mol. The van der Waals surface area contributed by atoms with Gasteiger partial charge in [0.05, 0.1) is 6.42 Å². The van der Waals surface area contributed by atoms with E-state index in [9.17, 15) is 4.79 Å². The molecule has 16 heavy (non-hydrogen) atoms. The predicted molar refractivity (Wildman–Crippen MR) is 60.7 cm³/mol. The van der Waals surface area contributed by atoms with Gasteiger partial charge in [0, 0.05) is 0 Å². The number of hydrogen-bond donors (Lipinski definition) is 2. The SMILES string of the molecule is C=C1CC2[C@@H]3[C@H]1CC[C@@H]3[C@]2(CN)CC(=O)O. The van der Waals surface area contributed by atoms with Crippen LogP contribution >= 0.6 is 0 Å². The third-order valence-electron chi connectivity index (χ3n) is 5.53. The zero-order valence-corrected chi connectivity index (χ0v) is 9.48. The van der Waals surface area contributed by atoms with Crippen LogP contribution in [0.3, 0.4) is 0 Å². The summed E-state index contributed by atoms with van der Waals surface area (Å²) in [4.78, 5) is 11.0. The van der Waals surface area contributed by atoms with E-state index >= 15 is 0 Å². The molecule has 0 aromatic heterocycles. The smallest absolute Gasteiger partial charge is 0.303 e. The van der Waals surface area contributed by atoms with Gasteiger partial charge < -0.3 is 10.8 Å². The summed E-state index contributed by atoms with van der Waals surface area (Å²) in [5.41, 5.74) is 7.16. The Balaban J connectivity index is 1.92. The molecule has 0 radical (unpaired) electrons. The summed E-state index contributed by atoms with van der Waals surface area (Å²) in [5.74, 6) is 1.78. The van der Waals surface area contributed by atoms with Crippen molar-refractivity contribution in [3.05, 3.63) is 12.2 Å². The van der Waals surface area contributed by atoms with Crippen molar-refractivity contribution >= 4 is 5.97 Å². The summed E-state index contributed by atoms with van der Waals surface area (Å²) in [6, 6.07) is 0. The molecule has 3 nitrogen and oxygen atoms in total. The number of nitrogens with two attached hydrogens (primary N) is 1. The van der Waals surface area contributed by atoms with E-state index in [2.05, 4.69) is 6.58 Å². The van der Waals surface area contributed by atoms with Gasteiger partial charge >= 0.3 is 5.97 Å². The van der Waals surface area contributed by atoms with Crippen LogP contribution in [-0.4, -0.2) is 17.6 Å². The van der Waals surface area contributed by atoms with Crippen LogP contribution < -0.4 is 5.73 Å². The van der Waals surface area contributed by atoms with Crippen molar-refractivity contribution in [3.63, 3.8) is 0 Å². The highest BCUT2D eigenvalue weighted by Crippen LogP contribution is 2.72. The van der Waals surface area contributed by atoms with Gasteiger partial charge in [-0.15, -0.1) is 0 Å². The maximum Gasteiger partial charge on any atom is 0.303 e. The van der Waals surface area contributed by atoms with E-state index in [1.165, 1.54) is 12.0 Å². The lowest BCUT2D eigenvalue weighted by molar-refractivity contribution is -0.153. The average Bonchev–Trinajstić information content (AvgIpc) is 2.73. The normalized spacial score (nSPS) is 48.9. The monoisotopic (exact) mass is 221 g/mol. The Morgan fingerprint density at radius 3 is 2.88 bits per heavy atom. The highest BCUT2D eigenvalue weighted by molar-refractivity contribution is 5.68. The third kappa shape index (κ3) is 1.000. The predicted octanol–water partition coefficient (Wildman–Crippen LogP) is 1.64. The van der Waals surface area contributed by atoms with Crippen LogP contribution in [-0.2, 0) is 4.79 Å². The summed E-state index contributed by atoms with van der Waals surface area (Å²) < 4.78 is 0. The van der Waals surface area contributed by atoms with E-state index in [1.54, 1.807) is 0 Å². The summed E-state index contributed by atoms with van der Waals surface area (Å²) in [6.45, 7) is 4.70. The lowest BCUT2D eigenvalue weighted by Gasteiger charge is -2.57. The summed E-state index contributed by atoms with van der Waals surface area (Å²) in [5, 5.41) is 9.08. The molecule has 0 saturated heterocycles. The summed E-state index contributed by atoms with van der Waals surface area (Å²) in [7, 11) is 0. The largest absolute Gasteiger partial charge is 0.481 e. The Labute approximate surface area is 95.7 Å². The van der Waals surface area contributed by atoms with E-state index in [1.807, 2.05) is 0 Å². The summed E-state index contributed by atoms with van der Waals surface area (Å²) >= 11 is 0. The van der Waals surface area contributed by atoms with Gasteiger partial charge in [-0.3, -0.25) is 4.79 Å². The van der Waals surface area contributed by atoms with E-state index in [4.69, 9.17) is 10.8 Å². The number of carbonyl (C=O) groups is 1. The molecule has 3 aliphatic carbocycles. The van der Waals surface area contributed by atoms with Gasteiger partial charge in [-0.2, -0.15) is 0 Å². The van der Waals surface area contributed by atoms with Gasteiger partial charge in [0.15, 0.2) is 0 Å². The van der Waals surface area contributed by atoms with Crippen molar-refractivity contribution in [2.24, 2.45) is 34.8 Å². The molecule has 0 aromatic carbocycles. The Kier molecular flexibility index (Phi) is 2.00. The molecule has 3 fully saturated rings. The van der Waals surface area contributed by atoms with Crippen molar-refractivity contribution in [2.75, 3.05) is 6.54 Å². The number of rotatable bonds is 3. The Morgan fingerprint density at radius 2 is 2.25 bits per heavy atom.